The fourth-order valence-electron chi connectivity index (χ4n) is 2.25. The summed E-state index contributed by atoms with van der Waals surface area (Å²) in [4.78, 5) is 12.2. The Bertz CT molecular complexity index is 920. The van der Waals surface area contributed by atoms with E-state index in [9.17, 15) is 8.78 Å². The summed E-state index contributed by atoms with van der Waals surface area (Å²) in [5.41, 5.74) is 2.22. The maximum Gasteiger partial charge on any atom is 0.258 e. The number of aliphatic imine (C=N–C) groups is 1. The van der Waals surface area contributed by atoms with E-state index < -0.39 is 12.5 Å². The first kappa shape index (κ1) is 16.6. The molecule has 7 heteroatoms. The summed E-state index contributed by atoms with van der Waals surface area (Å²) in [6.45, 7) is 1.03. The molecule has 1 aromatic carbocycles. The Hall–Kier alpha value is -3.22. The molecule has 3 rings (SSSR count). The van der Waals surface area contributed by atoms with Crippen LogP contribution in [0.3, 0.4) is 0 Å². The lowest BCUT2D eigenvalue weighted by Gasteiger charge is -2.03. The van der Waals surface area contributed by atoms with Crippen molar-refractivity contribution in [2.45, 2.75) is 6.92 Å². The molecule has 0 atom stereocenters. The van der Waals surface area contributed by atoms with Gasteiger partial charge in [0, 0.05) is 29.7 Å². The molecule has 0 fully saturated rings. The number of allylic oxidation sites excluding steroid dienone is 1. The van der Waals surface area contributed by atoms with Crippen molar-refractivity contribution in [3.05, 3.63) is 60.4 Å². The maximum absolute atomic E-state index is 14.0. The number of rotatable bonds is 5. The topological polar surface area (TPSA) is 64.2 Å². The zero-order valence-electron chi connectivity index (χ0n) is 13.4. The number of alkyl halides is 1. The molecule has 0 aliphatic carbocycles. The number of benzene rings is 1. The molecule has 0 radical (unpaired) electrons. The van der Waals surface area contributed by atoms with Crippen LogP contribution in [-0.4, -0.2) is 28.0 Å². The summed E-state index contributed by atoms with van der Waals surface area (Å²) in [7, 11) is 0. The van der Waals surface area contributed by atoms with Crippen LogP contribution in [0.15, 0.2) is 58.3 Å². The molecular weight excluding hydrogens is 326 g/mol. The molecule has 0 unspecified atom stereocenters. The first-order valence-electron chi connectivity index (χ1n) is 7.51. The van der Waals surface area contributed by atoms with E-state index in [0.717, 1.165) is 11.8 Å². The molecule has 0 N–H and O–H groups in total. The molecule has 0 aliphatic rings. The molecule has 0 spiro atoms. The lowest BCUT2D eigenvalue weighted by atomic mass is 10.0. The van der Waals surface area contributed by atoms with Crippen molar-refractivity contribution < 1.29 is 13.3 Å². The third kappa shape index (κ3) is 3.82. The second kappa shape index (κ2) is 7.57. The van der Waals surface area contributed by atoms with Crippen molar-refractivity contribution in [2.75, 3.05) is 6.67 Å². The fraction of sp³-hybridized carbons (Fsp3) is 0.111. The molecule has 0 amide bonds. The Kier molecular flexibility index (Phi) is 5.03. The van der Waals surface area contributed by atoms with Gasteiger partial charge in [-0.3, -0.25) is 9.98 Å². The van der Waals surface area contributed by atoms with Crippen molar-refractivity contribution in [3.63, 3.8) is 0 Å². The van der Waals surface area contributed by atoms with Crippen LogP contribution in [0.5, 0.6) is 0 Å². The zero-order valence-corrected chi connectivity index (χ0v) is 13.4. The van der Waals surface area contributed by atoms with Crippen LogP contribution in [0.25, 0.3) is 28.3 Å². The normalized spacial score (nSPS) is 12.0. The summed E-state index contributed by atoms with van der Waals surface area (Å²) < 4.78 is 31.5. The second-order valence-corrected chi connectivity index (χ2v) is 5.03. The Labute approximate surface area is 142 Å². The molecule has 25 heavy (non-hydrogen) atoms. The number of hydrogen-bond acceptors (Lipinski definition) is 5. The Balaban J connectivity index is 1.98. The van der Waals surface area contributed by atoms with E-state index in [1.807, 2.05) is 6.07 Å². The number of aromatic nitrogens is 3. The van der Waals surface area contributed by atoms with E-state index >= 15 is 0 Å². The minimum absolute atomic E-state index is 0.148. The smallest absolute Gasteiger partial charge is 0.258 e. The van der Waals surface area contributed by atoms with Crippen LogP contribution >= 0.6 is 0 Å². The minimum atomic E-state index is -0.694. The molecule has 2 aromatic heterocycles. The fourth-order valence-corrected chi connectivity index (χ4v) is 2.25. The molecule has 0 saturated carbocycles. The summed E-state index contributed by atoms with van der Waals surface area (Å²) in [5.74, 6) is -0.0818. The first-order valence-corrected chi connectivity index (χ1v) is 7.51. The summed E-state index contributed by atoms with van der Waals surface area (Å²) in [5, 5.41) is 3.82. The highest BCUT2D eigenvalue weighted by atomic mass is 19.1. The van der Waals surface area contributed by atoms with Gasteiger partial charge in [0.15, 0.2) is 0 Å². The van der Waals surface area contributed by atoms with Crippen LogP contribution in [0, 0.1) is 5.82 Å². The minimum Gasteiger partial charge on any atom is -0.334 e. The summed E-state index contributed by atoms with van der Waals surface area (Å²) in [6.07, 6.45) is 6.02. The van der Waals surface area contributed by atoms with Gasteiger partial charge in [0.05, 0.1) is 0 Å². The zero-order chi connectivity index (χ0) is 17.6. The van der Waals surface area contributed by atoms with E-state index in [2.05, 4.69) is 20.1 Å². The molecule has 0 saturated heterocycles. The molecular formula is C18H14F2N4O. The molecule has 126 valence electrons. The highest BCUT2D eigenvalue weighted by Gasteiger charge is 2.14. The largest absolute Gasteiger partial charge is 0.334 e. The lowest BCUT2D eigenvalue weighted by Crippen LogP contribution is -1.88. The average molecular weight is 340 g/mol. The van der Waals surface area contributed by atoms with Crippen molar-refractivity contribution in [3.8, 4) is 22.6 Å². The van der Waals surface area contributed by atoms with Gasteiger partial charge >= 0.3 is 0 Å². The predicted molar refractivity (Wildman–Crippen MR) is 91.0 cm³/mol. The standard InChI is InChI=1S/C18H14F2N4O/c1-2-16(22-7-5-19)17-23-18(25-24-17)14-8-13(9-15(20)10-14)12-4-3-6-21-11-12/h2-4,6-11H,5H2,1H3/b16-2-,22-7?. The Morgan fingerprint density at radius 3 is 2.80 bits per heavy atom. The van der Waals surface area contributed by atoms with Crippen molar-refractivity contribution in [2.24, 2.45) is 4.99 Å². The van der Waals surface area contributed by atoms with Crippen molar-refractivity contribution in [1.82, 2.24) is 15.1 Å². The molecule has 0 aliphatic heterocycles. The van der Waals surface area contributed by atoms with Crippen LogP contribution in [0.2, 0.25) is 0 Å². The van der Waals surface area contributed by atoms with Crippen LogP contribution in [0.4, 0.5) is 8.78 Å². The van der Waals surface area contributed by atoms with E-state index in [-0.39, 0.29) is 11.7 Å². The third-order valence-corrected chi connectivity index (χ3v) is 3.37. The summed E-state index contributed by atoms with van der Waals surface area (Å²) in [6, 6.07) is 8.04. The highest BCUT2D eigenvalue weighted by molar-refractivity contribution is 5.73. The Morgan fingerprint density at radius 2 is 2.08 bits per heavy atom. The van der Waals surface area contributed by atoms with Crippen molar-refractivity contribution >= 4 is 11.9 Å². The average Bonchev–Trinajstić information content (AvgIpc) is 3.13. The quantitative estimate of drug-likeness (QED) is 0.648. The van der Waals surface area contributed by atoms with E-state index in [1.165, 1.54) is 12.1 Å². The van der Waals surface area contributed by atoms with E-state index in [1.54, 1.807) is 37.5 Å². The second-order valence-electron chi connectivity index (χ2n) is 5.03. The highest BCUT2D eigenvalue weighted by Crippen LogP contribution is 2.27. The predicted octanol–water partition coefficient (Wildman–Crippen LogP) is 4.34. The van der Waals surface area contributed by atoms with Gasteiger partial charge in [0.2, 0.25) is 5.82 Å². The van der Waals surface area contributed by atoms with Crippen LogP contribution < -0.4 is 0 Å². The molecule has 5 nitrogen and oxygen atoms in total. The van der Waals surface area contributed by atoms with E-state index in [4.69, 9.17) is 4.52 Å². The number of pyridine rings is 1. The van der Waals surface area contributed by atoms with E-state index in [0.29, 0.717) is 16.8 Å². The summed E-state index contributed by atoms with van der Waals surface area (Å²) >= 11 is 0. The lowest BCUT2D eigenvalue weighted by molar-refractivity contribution is 0.428. The molecule has 0 bridgehead atoms. The van der Waals surface area contributed by atoms with Crippen LogP contribution in [-0.2, 0) is 0 Å². The SMILES string of the molecule is C/C=C(\N=CCF)c1noc(-c2cc(F)cc(-c3cccnc3)c2)n1. The van der Waals surface area contributed by atoms with Gasteiger partial charge in [-0.05, 0) is 36.8 Å². The van der Waals surface area contributed by atoms with Gasteiger partial charge in [-0.1, -0.05) is 17.3 Å². The van der Waals surface area contributed by atoms with Gasteiger partial charge in [0.1, 0.15) is 18.2 Å². The third-order valence-electron chi connectivity index (χ3n) is 3.37. The number of hydrogen-bond donors (Lipinski definition) is 0. The van der Waals surface area contributed by atoms with Gasteiger partial charge in [-0.25, -0.2) is 8.78 Å². The number of nitrogens with zero attached hydrogens (tertiary/aromatic N) is 4. The monoisotopic (exact) mass is 340 g/mol. The van der Waals surface area contributed by atoms with Gasteiger partial charge in [-0.15, -0.1) is 0 Å². The molecule has 3 aromatic rings. The molecule has 2 heterocycles. The van der Waals surface area contributed by atoms with Gasteiger partial charge in [0.25, 0.3) is 5.89 Å². The van der Waals surface area contributed by atoms with Gasteiger partial charge < -0.3 is 4.52 Å². The maximum atomic E-state index is 14.0. The van der Waals surface area contributed by atoms with Crippen molar-refractivity contribution in [1.29, 1.82) is 0 Å². The van der Waals surface area contributed by atoms with Crippen LogP contribution in [0.1, 0.15) is 12.7 Å². The first-order chi connectivity index (χ1) is 12.2. The number of halogens is 2. The van der Waals surface area contributed by atoms with Gasteiger partial charge in [-0.2, -0.15) is 4.98 Å². The Morgan fingerprint density at radius 1 is 1.24 bits per heavy atom.